The number of likely N-dealkylation sites (tertiary alicyclic amines) is 2. The van der Waals surface area contributed by atoms with E-state index in [0.29, 0.717) is 4.75 Å². The summed E-state index contributed by atoms with van der Waals surface area (Å²) in [6.07, 6.45) is 3.71. The zero-order valence-electron chi connectivity index (χ0n) is 11.1. The van der Waals surface area contributed by atoms with Crippen molar-refractivity contribution in [3.05, 3.63) is 0 Å². The first-order chi connectivity index (χ1) is 8.67. The Bertz CT molecular complexity index is 325. The second-order valence-electron chi connectivity index (χ2n) is 5.89. The van der Waals surface area contributed by atoms with Crippen molar-refractivity contribution in [3.63, 3.8) is 0 Å². The van der Waals surface area contributed by atoms with Crippen LogP contribution in [0.15, 0.2) is 0 Å². The Morgan fingerprint density at radius 3 is 2.78 bits per heavy atom. The molecule has 3 aliphatic heterocycles. The molecule has 3 fully saturated rings. The third-order valence-electron chi connectivity index (χ3n) is 4.19. The fourth-order valence-corrected chi connectivity index (χ4v) is 5.00. The van der Waals surface area contributed by atoms with Gasteiger partial charge in [-0.2, -0.15) is 0 Å². The van der Waals surface area contributed by atoms with Crippen LogP contribution in [0.5, 0.6) is 0 Å². The average Bonchev–Trinajstić information content (AvgIpc) is 2.94. The highest BCUT2D eigenvalue weighted by Crippen LogP contribution is 2.45. The molecule has 1 unspecified atom stereocenters. The lowest BCUT2D eigenvalue weighted by atomic mass is 9.94. The van der Waals surface area contributed by atoms with Crippen LogP contribution >= 0.6 is 11.8 Å². The minimum Gasteiger partial charge on any atom is -0.367 e. The van der Waals surface area contributed by atoms with E-state index in [0.717, 1.165) is 38.1 Å². The minimum absolute atomic E-state index is 0.184. The van der Waals surface area contributed by atoms with E-state index < -0.39 is 0 Å². The number of thioether (sulfide) groups is 1. The van der Waals surface area contributed by atoms with Gasteiger partial charge in [-0.15, -0.1) is 11.8 Å². The van der Waals surface area contributed by atoms with Gasteiger partial charge in [-0.1, -0.05) is 0 Å². The van der Waals surface area contributed by atoms with Crippen LogP contribution in [-0.4, -0.2) is 72.1 Å². The second kappa shape index (κ2) is 5.02. The van der Waals surface area contributed by atoms with Crippen molar-refractivity contribution in [3.8, 4) is 0 Å². The maximum atomic E-state index is 11.9. The number of rotatable bonds is 3. The topological polar surface area (TPSA) is 32.8 Å². The Kier molecular flexibility index (Phi) is 3.56. The fraction of sp³-hybridized carbons (Fsp3) is 0.923. The van der Waals surface area contributed by atoms with Gasteiger partial charge in [0, 0.05) is 36.7 Å². The highest BCUT2D eigenvalue weighted by atomic mass is 32.2. The molecule has 3 saturated heterocycles. The van der Waals surface area contributed by atoms with Crippen LogP contribution in [-0.2, 0) is 9.53 Å². The van der Waals surface area contributed by atoms with Crippen molar-refractivity contribution < 1.29 is 9.53 Å². The molecule has 0 aliphatic carbocycles. The molecule has 3 aliphatic rings. The summed E-state index contributed by atoms with van der Waals surface area (Å²) in [6.45, 7) is 4.50. The average molecular weight is 270 g/mol. The number of carbonyl (C=O) groups excluding carboxylic acids is 1. The summed E-state index contributed by atoms with van der Waals surface area (Å²) in [5.74, 6) is 1.24. The molecular weight excluding hydrogens is 248 g/mol. The molecule has 1 amide bonds. The molecule has 0 aromatic carbocycles. The van der Waals surface area contributed by atoms with E-state index in [1.807, 2.05) is 16.7 Å². The quantitative estimate of drug-likeness (QED) is 0.760. The predicted octanol–water partition coefficient (Wildman–Crippen LogP) is 0.815. The fourth-order valence-electron chi connectivity index (χ4n) is 3.31. The molecule has 1 atom stereocenters. The summed E-state index contributed by atoms with van der Waals surface area (Å²) < 4.78 is 6.25. The van der Waals surface area contributed by atoms with Crippen LogP contribution in [0.3, 0.4) is 0 Å². The molecule has 0 radical (unpaired) electrons. The van der Waals surface area contributed by atoms with E-state index in [2.05, 4.69) is 11.9 Å². The van der Waals surface area contributed by atoms with E-state index in [1.165, 1.54) is 13.1 Å². The number of carbonyl (C=O) groups is 1. The molecule has 0 saturated carbocycles. The van der Waals surface area contributed by atoms with Gasteiger partial charge in [0.05, 0.1) is 6.10 Å². The van der Waals surface area contributed by atoms with Gasteiger partial charge in [0.1, 0.15) is 6.61 Å². The number of ether oxygens (including phenoxy) is 1. The van der Waals surface area contributed by atoms with Crippen LogP contribution in [0.25, 0.3) is 0 Å². The number of nitrogens with zero attached hydrogens (tertiary/aromatic N) is 2. The van der Waals surface area contributed by atoms with Crippen LogP contribution in [0.2, 0.25) is 0 Å². The Morgan fingerprint density at radius 2 is 2.11 bits per heavy atom. The zero-order valence-corrected chi connectivity index (χ0v) is 11.9. The van der Waals surface area contributed by atoms with Gasteiger partial charge in [-0.3, -0.25) is 4.79 Å². The molecule has 0 bridgehead atoms. The Labute approximate surface area is 113 Å². The van der Waals surface area contributed by atoms with Crippen molar-refractivity contribution in [2.24, 2.45) is 0 Å². The summed E-state index contributed by atoms with van der Waals surface area (Å²) in [7, 11) is 2.16. The molecule has 4 nitrogen and oxygen atoms in total. The molecule has 0 N–H and O–H groups in total. The molecule has 5 heteroatoms. The Hall–Kier alpha value is -0.260. The van der Waals surface area contributed by atoms with E-state index in [9.17, 15) is 4.79 Å². The lowest BCUT2D eigenvalue weighted by Crippen LogP contribution is -2.56. The van der Waals surface area contributed by atoms with E-state index in [4.69, 9.17) is 4.74 Å². The highest BCUT2D eigenvalue weighted by Gasteiger charge is 2.48. The van der Waals surface area contributed by atoms with Gasteiger partial charge in [0.2, 0.25) is 5.91 Å². The van der Waals surface area contributed by atoms with E-state index in [1.54, 1.807) is 0 Å². The Balaban J connectivity index is 1.40. The van der Waals surface area contributed by atoms with Gasteiger partial charge in [0.15, 0.2) is 0 Å². The van der Waals surface area contributed by atoms with Crippen molar-refractivity contribution in [2.45, 2.75) is 30.1 Å². The zero-order chi connectivity index (χ0) is 12.6. The molecule has 18 heavy (non-hydrogen) atoms. The molecule has 0 aromatic heterocycles. The largest absolute Gasteiger partial charge is 0.367 e. The summed E-state index contributed by atoms with van der Waals surface area (Å²) in [5.41, 5.74) is 0. The predicted molar refractivity (Wildman–Crippen MR) is 72.9 cm³/mol. The maximum absolute atomic E-state index is 11.9. The third-order valence-corrected chi connectivity index (χ3v) is 5.77. The monoisotopic (exact) mass is 270 g/mol. The van der Waals surface area contributed by atoms with E-state index >= 15 is 0 Å². The molecule has 3 heterocycles. The lowest BCUT2D eigenvalue weighted by molar-refractivity contribution is -0.136. The Morgan fingerprint density at radius 1 is 1.39 bits per heavy atom. The summed E-state index contributed by atoms with van der Waals surface area (Å²) >= 11 is 2.04. The van der Waals surface area contributed by atoms with Crippen molar-refractivity contribution in [1.82, 2.24) is 9.80 Å². The summed E-state index contributed by atoms with van der Waals surface area (Å²) in [4.78, 5) is 16.2. The summed E-state index contributed by atoms with van der Waals surface area (Å²) in [5, 5.41) is 0. The molecule has 0 aromatic rings. The molecular formula is C13H22N2O2S. The summed E-state index contributed by atoms with van der Waals surface area (Å²) in [6, 6.07) is 0. The van der Waals surface area contributed by atoms with Crippen LogP contribution in [0, 0.1) is 0 Å². The third kappa shape index (κ3) is 2.53. The van der Waals surface area contributed by atoms with Gasteiger partial charge in [0.25, 0.3) is 0 Å². The van der Waals surface area contributed by atoms with Gasteiger partial charge in [-0.25, -0.2) is 0 Å². The van der Waals surface area contributed by atoms with Crippen molar-refractivity contribution in [2.75, 3.05) is 45.6 Å². The smallest absolute Gasteiger partial charge is 0.248 e. The van der Waals surface area contributed by atoms with Crippen LogP contribution in [0.1, 0.15) is 19.3 Å². The molecule has 102 valence electrons. The molecule has 1 spiro atoms. The lowest BCUT2D eigenvalue weighted by Gasteiger charge is -2.45. The molecule has 3 rings (SSSR count). The van der Waals surface area contributed by atoms with Crippen LogP contribution < -0.4 is 0 Å². The van der Waals surface area contributed by atoms with Gasteiger partial charge in [-0.05, 0) is 26.3 Å². The minimum atomic E-state index is 0.184. The number of hydrogen-bond acceptors (Lipinski definition) is 4. The van der Waals surface area contributed by atoms with Gasteiger partial charge >= 0.3 is 0 Å². The first-order valence-corrected chi connectivity index (χ1v) is 7.87. The first kappa shape index (κ1) is 12.8. The number of hydrogen-bond donors (Lipinski definition) is 0. The number of amides is 1. The van der Waals surface area contributed by atoms with Crippen molar-refractivity contribution >= 4 is 17.7 Å². The SMILES string of the molecule is CN1CC2(CC(OCC(=O)N3CCCC3)CS2)C1. The second-order valence-corrected chi connectivity index (χ2v) is 7.38. The van der Waals surface area contributed by atoms with Crippen molar-refractivity contribution in [1.29, 1.82) is 0 Å². The van der Waals surface area contributed by atoms with E-state index in [-0.39, 0.29) is 18.6 Å². The normalized spacial score (nSPS) is 30.9. The first-order valence-electron chi connectivity index (χ1n) is 6.89. The standard InChI is InChI=1S/C13H22N2O2S/c1-14-9-13(10-14)6-11(8-18-13)17-7-12(16)15-4-2-3-5-15/h11H,2-10H2,1H3. The van der Waals surface area contributed by atoms with Crippen LogP contribution in [0.4, 0.5) is 0 Å². The highest BCUT2D eigenvalue weighted by molar-refractivity contribution is 8.01. The maximum Gasteiger partial charge on any atom is 0.248 e. The van der Waals surface area contributed by atoms with Gasteiger partial charge < -0.3 is 14.5 Å².